The van der Waals surface area contributed by atoms with E-state index in [2.05, 4.69) is 10.0 Å². The molecule has 6 nitrogen and oxygen atoms in total. The summed E-state index contributed by atoms with van der Waals surface area (Å²) in [4.78, 5) is 11.2. The van der Waals surface area contributed by atoms with Crippen molar-refractivity contribution >= 4 is 21.6 Å². The first-order valence-corrected chi connectivity index (χ1v) is 8.94. The van der Waals surface area contributed by atoms with E-state index in [4.69, 9.17) is 4.74 Å². The minimum Gasteiger partial charge on any atom is -0.495 e. The highest BCUT2D eigenvalue weighted by Crippen LogP contribution is 2.28. The topological polar surface area (TPSA) is 84.5 Å². The number of sulfonamides is 1. The van der Waals surface area contributed by atoms with Crippen LogP contribution in [-0.2, 0) is 14.8 Å². The first kappa shape index (κ1) is 18.9. The number of carbonyl (C=O) groups is 1. The van der Waals surface area contributed by atoms with Crippen molar-refractivity contribution in [1.82, 2.24) is 4.72 Å². The number of hydrogen-bond donors (Lipinski definition) is 2. The van der Waals surface area contributed by atoms with Gasteiger partial charge in [0.2, 0.25) is 15.9 Å². The fraction of sp³-hybridized carbons (Fsp3) is 0.235. The standard InChI is InChI=1S/C17H19FN2O4S/c1-11(13-4-6-14(18)7-5-13)20-25(22,23)15-8-9-17(24-3)16(10-15)19-12(2)21/h4-11,20H,1-3H3,(H,19,21). The van der Waals surface area contributed by atoms with E-state index >= 15 is 0 Å². The van der Waals surface area contributed by atoms with Crippen LogP contribution in [0.5, 0.6) is 5.75 Å². The maximum absolute atomic E-state index is 13.0. The van der Waals surface area contributed by atoms with Crippen LogP contribution in [-0.4, -0.2) is 21.4 Å². The van der Waals surface area contributed by atoms with Gasteiger partial charge in [-0.1, -0.05) is 12.1 Å². The normalized spacial score (nSPS) is 12.5. The zero-order valence-corrected chi connectivity index (χ0v) is 14.9. The van der Waals surface area contributed by atoms with Crippen LogP contribution in [0.25, 0.3) is 0 Å². The molecule has 1 amide bonds. The second kappa shape index (κ2) is 7.62. The average molecular weight is 366 g/mol. The van der Waals surface area contributed by atoms with Crippen molar-refractivity contribution in [2.75, 3.05) is 12.4 Å². The van der Waals surface area contributed by atoms with Gasteiger partial charge in [0.25, 0.3) is 0 Å². The Balaban J connectivity index is 2.29. The summed E-state index contributed by atoms with van der Waals surface area (Å²) >= 11 is 0. The Kier molecular flexibility index (Phi) is 5.76. The van der Waals surface area contributed by atoms with Crippen molar-refractivity contribution < 1.29 is 22.3 Å². The summed E-state index contributed by atoms with van der Waals surface area (Å²) in [5.74, 6) is -0.393. The Morgan fingerprint density at radius 3 is 2.36 bits per heavy atom. The maximum atomic E-state index is 13.0. The molecule has 2 aromatic carbocycles. The molecule has 8 heteroatoms. The third-order valence-electron chi connectivity index (χ3n) is 3.49. The summed E-state index contributed by atoms with van der Waals surface area (Å²) in [6.07, 6.45) is 0. The number of amides is 1. The van der Waals surface area contributed by atoms with E-state index < -0.39 is 21.9 Å². The van der Waals surface area contributed by atoms with Gasteiger partial charge >= 0.3 is 0 Å². The lowest BCUT2D eigenvalue weighted by Gasteiger charge is -2.16. The SMILES string of the molecule is COc1ccc(S(=O)(=O)NC(C)c2ccc(F)cc2)cc1NC(C)=O. The molecule has 1 atom stereocenters. The van der Waals surface area contributed by atoms with Gasteiger partial charge in [-0.3, -0.25) is 4.79 Å². The minimum absolute atomic E-state index is 0.0222. The summed E-state index contributed by atoms with van der Waals surface area (Å²) in [7, 11) is -2.43. The van der Waals surface area contributed by atoms with E-state index in [0.29, 0.717) is 11.3 Å². The average Bonchev–Trinajstić information content (AvgIpc) is 2.54. The van der Waals surface area contributed by atoms with Gasteiger partial charge in [-0.2, -0.15) is 0 Å². The van der Waals surface area contributed by atoms with Gasteiger partial charge in [-0.25, -0.2) is 17.5 Å². The van der Waals surface area contributed by atoms with E-state index in [1.807, 2.05) is 0 Å². The van der Waals surface area contributed by atoms with Gasteiger partial charge in [0.1, 0.15) is 11.6 Å². The summed E-state index contributed by atoms with van der Waals surface area (Å²) in [5, 5.41) is 2.53. The lowest BCUT2D eigenvalue weighted by atomic mass is 10.1. The minimum atomic E-state index is -3.85. The number of carbonyl (C=O) groups excluding carboxylic acids is 1. The summed E-state index contributed by atoms with van der Waals surface area (Å²) < 4.78 is 45.8. The van der Waals surface area contributed by atoms with Gasteiger partial charge in [0, 0.05) is 13.0 Å². The zero-order chi connectivity index (χ0) is 18.6. The highest BCUT2D eigenvalue weighted by Gasteiger charge is 2.20. The molecular weight excluding hydrogens is 347 g/mol. The third-order valence-corrected chi connectivity index (χ3v) is 5.03. The Morgan fingerprint density at radius 2 is 1.80 bits per heavy atom. The molecule has 0 saturated carbocycles. The molecule has 2 N–H and O–H groups in total. The number of halogens is 1. The second-order valence-corrected chi connectivity index (χ2v) is 7.15. The number of benzene rings is 2. The van der Waals surface area contributed by atoms with Crippen LogP contribution in [0.2, 0.25) is 0 Å². The molecule has 0 aliphatic carbocycles. The van der Waals surface area contributed by atoms with E-state index in [1.54, 1.807) is 6.92 Å². The van der Waals surface area contributed by atoms with Crippen LogP contribution >= 0.6 is 0 Å². The molecule has 2 aromatic rings. The van der Waals surface area contributed by atoms with Gasteiger partial charge in [-0.15, -0.1) is 0 Å². The van der Waals surface area contributed by atoms with Gasteiger partial charge < -0.3 is 10.1 Å². The summed E-state index contributed by atoms with van der Waals surface area (Å²) in [6, 6.07) is 9.16. The number of nitrogens with one attached hydrogen (secondary N) is 2. The molecule has 2 rings (SSSR count). The van der Waals surface area contributed by atoms with Crippen molar-refractivity contribution in [3.63, 3.8) is 0 Å². The van der Waals surface area contributed by atoms with Crippen molar-refractivity contribution in [1.29, 1.82) is 0 Å². The Hall–Kier alpha value is -2.45. The number of ether oxygens (including phenoxy) is 1. The molecule has 1 unspecified atom stereocenters. The van der Waals surface area contributed by atoms with Gasteiger partial charge in [0.05, 0.1) is 17.7 Å². The molecule has 25 heavy (non-hydrogen) atoms. The zero-order valence-electron chi connectivity index (χ0n) is 14.0. The van der Waals surface area contributed by atoms with Crippen molar-refractivity contribution in [3.8, 4) is 5.75 Å². The van der Waals surface area contributed by atoms with Crippen LogP contribution in [0, 0.1) is 5.82 Å². The second-order valence-electron chi connectivity index (χ2n) is 5.44. The van der Waals surface area contributed by atoms with E-state index in [9.17, 15) is 17.6 Å². The predicted octanol–water partition coefficient (Wildman–Crippen LogP) is 2.83. The molecule has 0 aliphatic rings. The van der Waals surface area contributed by atoms with E-state index in [1.165, 1.54) is 56.5 Å². The largest absolute Gasteiger partial charge is 0.495 e. The van der Waals surface area contributed by atoms with Gasteiger partial charge in [0.15, 0.2) is 0 Å². The molecule has 0 aromatic heterocycles. The van der Waals surface area contributed by atoms with Crippen LogP contribution in [0.4, 0.5) is 10.1 Å². The highest BCUT2D eigenvalue weighted by molar-refractivity contribution is 7.89. The molecule has 0 bridgehead atoms. The van der Waals surface area contributed by atoms with E-state index in [-0.39, 0.29) is 16.5 Å². The lowest BCUT2D eigenvalue weighted by molar-refractivity contribution is -0.114. The molecule has 0 heterocycles. The smallest absolute Gasteiger partial charge is 0.241 e. The number of anilines is 1. The fourth-order valence-electron chi connectivity index (χ4n) is 2.26. The molecule has 0 fully saturated rings. The molecule has 0 radical (unpaired) electrons. The van der Waals surface area contributed by atoms with Crippen LogP contribution in [0.15, 0.2) is 47.4 Å². The van der Waals surface area contributed by atoms with Crippen molar-refractivity contribution in [2.24, 2.45) is 0 Å². The van der Waals surface area contributed by atoms with Crippen LogP contribution < -0.4 is 14.8 Å². The third kappa shape index (κ3) is 4.77. The van der Waals surface area contributed by atoms with Crippen molar-refractivity contribution in [3.05, 3.63) is 53.8 Å². The Morgan fingerprint density at radius 1 is 1.16 bits per heavy atom. The molecule has 0 spiro atoms. The molecular formula is C17H19FN2O4S. The predicted molar refractivity (Wildman–Crippen MR) is 92.4 cm³/mol. The first-order valence-electron chi connectivity index (χ1n) is 7.46. The first-order chi connectivity index (χ1) is 11.7. The van der Waals surface area contributed by atoms with Gasteiger partial charge in [-0.05, 0) is 42.8 Å². The van der Waals surface area contributed by atoms with Crippen LogP contribution in [0.3, 0.4) is 0 Å². The summed E-state index contributed by atoms with van der Waals surface area (Å²) in [6.45, 7) is 2.97. The molecule has 134 valence electrons. The van der Waals surface area contributed by atoms with E-state index in [0.717, 1.165) is 0 Å². The number of methoxy groups -OCH3 is 1. The highest BCUT2D eigenvalue weighted by atomic mass is 32.2. The lowest BCUT2D eigenvalue weighted by Crippen LogP contribution is -2.27. The molecule has 0 saturated heterocycles. The molecule has 0 aliphatic heterocycles. The van der Waals surface area contributed by atoms with Crippen molar-refractivity contribution in [2.45, 2.75) is 24.8 Å². The number of hydrogen-bond acceptors (Lipinski definition) is 4. The maximum Gasteiger partial charge on any atom is 0.241 e. The number of rotatable bonds is 6. The fourth-order valence-corrected chi connectivity index (χ4v) is 3.52. The Bertz CT molecular complexity index is 867. The quantitative estimate of drug-likeness (QED) is 0.823. The summed E-state index contributed by atoms with van der Waals surface area (Å²) in [5.41, 5.74) is 0.882. The van der Waals surface area contributed by atoms with Crippen LogP contribution in [0.1, 0.15) is 25.5 Å². The Labute approximate surface area is 146 Å². The monoisotopic (exact) mass is 366 g/mol.